The van der Waals surface area contributed by atoms with Gasteiger partial charge in [-0.1, -0.05) is 23.7 Å². The Morgan fingerprint density at radius 2 is 1.95 bits per heavy atom. The lowest BCUT2D eigenvalue weighted by molar-refractivity contribution is -0.148. The molecule has 0 unspecified atom stereocenters. The third kappa shape index (κ3) is 4.24. The average molecular weight is 323 g/mol. The average Bonchev–Trinajstić information content (AvgIpc) is 2.87. The van der Waals surface area contributed by atoms with Crippen LogP contribution in [0.2, 0.25) is 5.02 Å². The molecule has 2 rings (SSSR count). The molecule has 0 bridgehead atoms. The number of rotatable bonds is 6. The molecule has 0 spiro atoms. The first-order valence-electron chi connectivity index (χ1n) is 6.07. The second-order valence-electron chi connectivity index (χ2n) is 4.44. The zero-order valence-electron chi connectivity index (χ0n) is 10.8. The van der Waals surface area contributed by atoms with Gasteiger partial charge in [0.2, 0.25) is 5.78 Å². The summed E-state index contributed by atoms with van der Waals surface area (Å²) in [5.41, 5.74) is 1.39. The Labute approximate surface area is 130 Å². The molecule has 0 amide bonds. The van der Waals surface area contributed by atoms with E-state index in [1.54, 1.807) is 17.5 Å². The van der Waals surface area contributed by atoms with Crippen molar-refractivity contribution in [2.45, 2.75) is 12.8 Å². The fourth-order valence-corrected chi connectivity index (χ4v) is 2.93. The molecule has 108 valence electrons. The van der Waals surface area contributed by atoms with E-state index in [2.05, 4.69) is 0 Å². The minimum Gasteiger partial charge on any atom is -0.475 e. The number of halogens is 1. The van der Waals surface area contributed by atoms with Crippen molar-refractivity contribution in [2.24, 2.45) is 0 Å². The molecule has 0 aliphatic carbocycles. The van der Waals surface area contributed by atoms with Crippen molar-refractivity contribution in [1.82, 2.24) is 0 Å². The molecule has 2 aromatic rings. The van der Waals surface area contributed by atoms with E-state index in [1.165, 1.54) is 11.3 Å². The molecule has 1 aromatic carbocycles. The minimum atomic E-state index is -1.59. The van der Waals surface area contributed by atoms with E-state index in [1.807, 2.05) is 18.2 Å². The first-order chi connectivity index (χ1) is 9.95. The fourth-order valence-electron chi connectivity index (χ4n) is 1.79. The van der Waals surface area contributed by atoms with Gasteiger partial charge in [0.15, 0.2) is 5.78 Å². The summed E-state index contributed by atoms with van der Waals surface area (Å²) in [6.07, 6.45) is 0.0219. The number of carboxylic acids is 1. The van der Waals surface area contributed by atoms with Gasteiger partial charge < -0.3 is 5.11 Å². The van der Waals surface area contributed by atoms with Crippen molar-refractivity contribution >= 4 is 40.5 Å². The van der Waals surface area contributed by atoms with Gasteiger partial charge in [0.25, 0.3) is 0 Å². The lowest BCUT2D eigenvalue weighted by Crippen LogP contribution is -2.16. The largest absolute Gasteiger partial charge is 0.475 e. The Kier molecular flexibility index (Phi) is 4.88. The molecule has 1 heterocycles. The van der Waals surface area contributed by atoms with E-state index < -0.39 is 24.0 Å². The molecule has 6 heteroatoms. The van der Waals surface area contributed by atoms with Crippen LogP contribution < -0.4 is 0 Å². The highest BCUT2D eigenvalue weighted by atomic mass is 35.5. The topological polar surface area (TPSA) is 71.4 Å². The van der Waals surface area contributed by atoms with Gasteiger partial charge in [0.05, 0.1) is 6.42 Å². The van der Waals surface area contributed by atoms with Crippen LogP contribution in [0.4, 0.5) is 0 Å². The number of hydrogen-bond acceptors (Lipinski definition) is 4. The summed E-state index contributed by atoms with van der Waals surface area (Å²) in [7, 11) is 0. The van der Waals surface area contributed by atoms with Crippen LogP contribution in [0.25, 0.3) is 0 Å². The summed E-state index contributed by atoms with van der Waals surface area (Å²) in [6.45, 7) is 0. The quantitative estimate of drug-likeness (QED) is 0.503. The lowest BCUT2D eigenvalue weighted by atomic mass is 10.1. The smallest absolute Gasteiger partial charge is 0.372 e. The summed E-state index contributed by atoms with van der Waals surface area (Å²) < 4.78 is 0. The van der Waals surface area contributed by atoms with E-state index in [-0.39, 0.29) is 0 Å². The number of thiophene rings is 1. The van der Waals surface area contributed by atoms with Gasteiger partial charge in [-0.3, -0.25) is 9.59 Å². The van der Waals surface area contributed by atoms with Crippen LogP contribution in [-0.4, -0.2) is 22.6 Å². The molecule has 0 atom stereocenters. The number of hydrogen-bond donors (Lipinski definition) is 1. The van der Waals surface area contributed by atoms with E-state index in [0.717, 1.165) is 10.4 Å². The number of aliphatic carboxylic acids is 1. The van der Waals surface area contributed by atoms with Crippen LogP contribution in [0.3, 0.4) is 0 Å². The molecule has 0 aliphatic heterocycles. The molecule has 1 N–H and O–H groups in total. The molecule has 21 heavy (non-hydrogen) atoms. The van der Waals surface area contributed by atoms with Gasteiger partial charge >= 0.3 is 5.97 Å². The molecule has 4 nitrogen and oxygen atoms in total. The predicted octanol–water partition coefficient (Wildman–Crippen LogP) is 3.22. The van der Waals surface area contributed by atoms with Gasteiger partial charge in [-0.25, -0.2) is 4.79 Å². The number of carbonyl (C=O) groups excluding carboxylic acids is 2. The number of Topliss-reactive ketones (excluding diaryl/α,β-unsaturated/α-hetero) is 2. The van der Waals surface area contributed by atoms with Crippen LogP contribution in [0.15, 0.2) is 35.7 Å². The van der Waals surface area contributed by atoms with Crippen molar-refractivity contribution in [2.75, 3.05) is 0 Å². The molecule has 1 aromatic heterocycles. The number of benzene rings is 1. The fraction of sp³-hybridized carbons (Fsp3) is 0.133. The van der Waals surface area contributed by atoms with Crippen LogP contribution in [0.5, 0.6) is 0 Å². The monoisotopic (exact) mass is 322 g/mol. The molecule has 0 saturated heterocycles. The summed E-state index contributed by atoms with van der Waals surface area (Å²) in [5, 5.41) is 10.8. The van der Waals surface area contributed by atoms with E-state index in [9.17, 15) is 14.4 Å². The van der Waals surface area contributed by atoms with Crippen molar-refractivity contribution in [3.8, 4) is 0 Å². The number of carboxylic acid groups (broad SMARTS) is 1. The predicted molar refractivity (Wildman–Crippen MR) is 80.2 cm³/mol. The number of carbonyl (C=O) groups is 3. The van der Waals surface area contributed by atoms with Crippen LogP contribution in [0, 0.1) is 0 Å². The highest BCUT2D eigenvalue weighted by molar-refractivity contribution is 7.10. The summed E-state index contributed by atoms with van der Waals surface area (Å²) in [4.78, 5) is 34.2. The maximum atomic E-state index is 11.8. The van der Waals surface area contributed by atoms with Gasteiger partial charge in [-0.15, -0.1) is 11.3 Å². The molecular weight excluding hydrogens is 312 g/mol. The summed E-state index contributed by atoms with van der Waals surface area (Å²) in [6, 6.07) is 9.09. The van der Waals surface area contributed by atoms with Crippen molar-refractivity contribution in [3.05, 3.63) is 56.7 Å². The van der Waals surface area contributed by atoms with Gasteiger partial charge in [-0.2, -0.15) is 0 Å². The zero-order chi connectivity index (χ0) is 15.4. The van der Waals surface area contributed by atoms with E-state index >= 15 is 0 Å². The van der Waals surface area contributed by atoms with Crippen LogP contribution in [0.1, 0.15) is 27.2 Å². The summed E-state index contributed by atoms with van der Waals surface area (Å²) >= 11 is 7.30. The molecule has 0 radical (unpaired) electrons. The Balaban J connectivity index is 2.06. The van der Waals surface area contributed by atoms with Gasteiger partial charge in [0.1, 0.15) is 0 Å². The Morgan fingerprint density at radius 1 is 1.19 bits per heavy atom. The van der Waals surface area contributed by atoms with Crippen molar-refractivity contribution < 1.29 is 19.5 Å². The highest BCUT2D eigenvalue weighted by Gasteiger charge is 2.18. The minimum absolute atomic E-state index is 0.367. The van der Waals surface area contributed by atoms with Gasteiger partial charge in [0, 0.05) is 27.3 Å². The normalized spacial score (nSPS) is 10.3. The SMILES string of the molecule is O=C(O)C(=O)CC(=O)c1csc(Cc2cccc(Cl)c2)c1. The molecule has 0 aliphatic rings. The maximum absolute atomic E-state index is 11.8. The van der Waals surface area contributed by atoms with E-state index in [4.69, 9.17) is 16.7 Å². The lowest BCUT2D eigenvalue weighted by Gasteiger charge is -1.99. The Morgan fingerprint density at radius 3 is 2.62 bits per heavy atom. The molecule has 0 saturated carbocycles. The maximum Gasteiger partial charge on any atom is 0.372 e. The standard InChI is InChI=1S/C15H11ClO4S/c16-11-3-1-2-9(4-11)5-12-6-10(8-21-12)13(17)7-14(18)15(19)20/h1-4,6,8H,5,7H2,(H,19,20). The molecular formula is C15H11ClO4S. The first-order valence-corrected chi connectivity index (χ1v) is 7.32. The third-order valence-electron chi connectivity index (χ3n) is 2.80. The Hall–Kier alpha value is -1.98. The van der Waals surface area contributed by atoms with Crippen molar-refractivity contribution in [1.29, 1.82) is 0 Å². The number of ketones is 2. The second-order valence-corrected chi connectivity index (χ2v) is 5.87. The van der Waals surface area contributed by atoms with Gasteiger partial charge in [-0.05, 0) is 23.8 Å². The highest BCUT2D eigenvalue weighted by Crippen LogP contribution is 2.21. The van der Waals surface area contributed by atoms with Crippen molar-refractivity contribution in [3.63, 3.8) is 0 Å². The first kappa shape index (κ1) is 15.4. The summed E-state index contributed by atoms with van der Waals surface area (Å²) in [5.74, 6) is -3.16. The molecule has 0 fully saturated rings. The Bertz CT molecular complexity index is 705. The van der Waals surface area contributed by atoms with Crippen LogP contribution >= 0.6 is 22.9 Å². The van der Waals surface area contributed by atoms with Crippen LogP contribution in [-0.2, 0) is 16.0 Å². The van der Waals surface area contributed by atoms with E-state index in [0.29, 0.717) is 17.0 Å². The second kappa shape index (κ2) is 6.65. The zero-order valence-corrected chi connectivity index (χ0v) is 12.4. The third-order valence-corrected chi connectivity index (χ3v) is 3.97.